The summed E-state index contributed by atoms with van der Waals surface area (Å²) in [7, 11) is -2.48. The summed E-state index contributed by atoms with van der Waals surface area (Å²) in [6, 6.07) is 7.91. The van der Waals surface area contributed by atoms with E-state index in [4.69, 9.17) is 24.7 Å². The molecule has 86 heavy (non-hydrogen) atoms. The van der Waals surface area contributed by atoms with Gasteiger partial charge in [-0.05, 0) is 226 Å². The van der Waals surface area contributed by atoms with Crippen molar-refractivity contribution in [2.24, 2.45) is 10.1 Å². The van der Waals surface area contributed by atoms with Crippen molar-refractivity contribution in [1.82, 2.24) is 34.3 Å². The zero-order chi connectivity index (χ0) is 65.2. The molecule has 4 aliphatic heterocycles. The van der Waals surface area contributed by atoms with Gasteiger partial charge in [0, 0.05) is 87.8 Å². The van der Waals surface area contributed by atoms with Gasteiger partial charge in [-0.25, -0.2) is 32.3 Å². The van der Waals surface area contributed by atoms with Crippen LogP contribution < -0.4 is 10.5 Å². The van der Waals surface area contributed by atoms with Crippen LogP contribution in [0, 0.1) is 13.8 Å². The first kappa shape index (κ1) is 75.2. The number of rotatable bonds is 13. The topological polar surface area (TPSA) is 246 Å². The van der Waals surface area contributed by atoms with Gasteiger partial charge in [0.2, 0.25) is 0 Å². The molecule has 488 valence electrons. The number of hydrogen-bond donors (Lipinski definition) is 2. The lowest BCUT2D eigenvalue weighted by Crippen LogP contribution is -2.43. The Kier molecular flexibility index (Phi) is 28.8. The summed E-state index contributed by atoms with van der Waals surface area (Å²) in [5.74, 6) is 0. The summed E-state index contributed by atoms with van der Waals surface area (Å²) in [6.07, 6.45) is 15.1. The predicted molar refractivity (Wildman–Crippen MR) is 343 cm³/mol. The molecule has 4 saturated heterocycles. The first-order valence-electron chi connectivity index (χ1n) is 30.7. The Labute approximate surface area is 521 Å². The molecule has 0 bridgehead atoms. The van der Waals surface area contributed by atoms with E-state index >= 15 is 0 Å². The van der Waals surface area contributed by atoms with Crippen LogP contribution in [-0.2, 0) is 45.7 Å². The van der Waals surface area contributed by atoms with Crippen LogP contribution in [0.2, 0.25) is 0 Å². The van der Waals surface area contributed by atoms with Gasteiger partial charge >= 0.3 is 24.4 Å². The number of nitrogens with one attached hydrogen (secondary N) is 1. The lowest BCUT2D eigenvalue weighted by atomic mass is 10.0. The normalized spacial score (nSPS) is 20.8. The van der Waals surface area contributed by atoms with E-state index in [1.54, 1.807) is 16.0 Å². The molecule has 8 atom stereocenters. The zero-order valence-electron chi connectivity index (χ0n) is 55.9. The second kappa shape index (κ2) is 33.0. The molecule has 4 aliphatic rings. The van der Waals surface area contributed by atoms with Gasteiger partial charge in [-0.3, -0.25) is 9.97 Å². The second-order valence-corrected chi connectivity index (χ2v) is 32.7. The smallest absolute Gasteiger partial charge is 0.410 e. The Bertz CT molecular complexity index is 2550. The van der Waals surface area contributed by atoms with E-state index in [0.29, 0.717) is 32.4 Å². The van der Waals surface area contributed by atoms with Crippen molar-refractivity contribution in [3.8, 4) is 0 Å². The SMILES string of the molecule is CC(C)(C)OC(=O)N1CCC[C@H]1CC=N[S@@](=O)C(C)(C)C.CC(C)(C)OC(=O)N1CCC[C@H]1CC=O.Cc1ccc(C(C[C@@H]2CCCN2C(=O)OC(C)(C)C)N[S@@](=O)C(C)(C)C)nc1.Cc1ccc(C(N)C[C@@H]2CCCN2C(=O)OC(C)(C)C)nc1. The summed E-state index contributed by atoms with van der Waals surface area (Å²) in [5, 5.41) is 0. The van der Waals surface area contributed by atoms with E-state index in [-0.39, 0.29) is 70.1 Å². The third kappa shape index (κ3) is 27.5. The predicted octanol–water partition coefficient (Wildman–Crippen LogP) is 12.7. The third-order valence-corrected chi connectivity index (χ3v) is 16.9. The minimum Gasteiger partial charge on any atom is -0.444 e. The number of carbonyl (C=O) groups excluding carboxylic acids is 5. The van der Waals surface area contributed by atoms with Gasteiger partial charge < -0.3 is 49.1 Å². The lowest BCUT2D eigenvalue weighted by molar-refractivity contribution is -0.108. The quantitative estimate of drug-likeness (QED) is 0.108. The average molecular weight is 1240 g/mol. The molecule has 4 fully saturated rings. The van der Waals surface area contributed by atoms with Crippen molar-refractivity contribution in [1.29, 1.82) is 0 Å². The average Bonchev–Trinajstić information content (AvgIpc) is 2.90. The fourth-order valence-electron chi connectivity index (χ4n) is 9.67. The number of nitrogens with two attached hydrogens (primary N) is 1. The van der Waals surface area contributed by atoms with E-state index in [0.717, 1.165) is 99.7 Å². The van der Waals surface area contributed by atoms with Crippen LogP contribution in [0.1, 0.15) is 236 Å². The largest absolute Gasteiger partial charge is 0.444 e. The van der Waals surface area contributed by atoms with E-state index in [9.17, 15) is 32.4 Å². The number of likely N-dealkylation sites (tertiary alicyclic amines) is 4. The maximum atomic E-state index is 12.8. The molecule has 0 aliphatic carbocycles. The van der Waals surface area contributed by atoms with Gasteiger partial charge in [0.1, 0.15) is 39.7 Å². The molecule has 0 aromatic carbocycles. The molecular formula is C64H109N9O11S2. The number of ether oxygens (including phenoxy) is 4. The number of carbonyl (C=O) groups is 5. The van der Waals surface area contributed by atoms with Crippen molar-refractivity contribution >= 4 is 58.8 Å². The molecule has 3 N–H and O–H groups in total. The first-order valence-corrected chi connectivity index (χ1v) is 33.0. The Morgan fingerprint density at radius 3 is 1.24 bits per heavy atom. The maximum Gasteiger partial charge on any atom is 0.410 e. The van der Waals surface area contributed by atoms with Gasteiger partial charge in [0.05, 0.1) is 37.9 Å². The number of hydrogen-bond acceptors (Lipinski definition) is 14. The molecule has 0 saturated carbocycles. The molecule has 6 heterocycles. The molecule has 0 spiro atoms. The lowest BCUT2D eigenvalue weighted by Gasteiger charge is -2.31. The van der Waals surface area contributed by atoms with Crippen molar-refractivity contribution in [2.75, 3.05) is 26.2 Å². The molecule has 20 nitrogen and oxygen atoms in total. The molecule has 4 amide bonds. The van der Waals surface area contributed by atoms with Gasteiger partial charge in [-0.2, -0.15) is 4.40 Å². The third-order valence-electron chi connectivity index (χ3n) is 13.9. The van der Waals surface area contributed by atoms with E-state index < -0.39 is 44.4 Å². The van der Waals surface area contributed by atoms with E-state index in [1.165, 1.54) is 0 Å². The van der Waals surface area contributed by atoms with Crippen LogP contribution in [0.4, 0.5) is 19.2 Å². The van der Waals surface area contributed by atoms with Crippen LogP contribution in [0.3, 0.4) is 0 Å². The maximum absolute atomic E-state index is 12.8. The monoisotopic (exact) mass is 1240 g/mol. The number of aldehydes is 1. The van der Waals surface area contributed by atoms with E-state index in [1.807, 2.05) is 185 Å². The summed E-state index contributed by atoms with van der Waals surface area (Å²) in [6.45, 7) is 40.8. The standard InChI is InChI=1S/C21H35N3O3S.C17H27N3O2.C15H28N2O3S.C11H19NO3/c1-15-10-11-17(22-14-15)18(23-28(26)21(5,6)7)13-16-9-8-12-24(16)19(25)27-20(2,3)4;1-12-7-8-15(19-11-12)14(18)10-13-6-5-9-20(13)16(21)22-17(2,3)4;1-14(2,3)20-13(18)17-11-7-8-12(17)9-10-16-21(19)15(4,5)6;1-11(2,3)15-10(14)12-7-4-5-9(12)6-8-13/h10-11,14,16,18,23H,8-9,12-13H2,1-7H3;7-8,11,13-14H,5-6,9-10,18H2,1-4H3;10,12H,7-9,11H2,1-6H3;8-9H,4-7H2,1-3H3/t16-,18?,28-;13-,14?;12-,21-;9-/m0000/s1. The molecule has 6 rings (SSSR count). The summed E-state index contributed by atoms with van der Waals surface area (Å²) < 4.78 is 53.0. The number of aromatic nitrogens is 2. The molecular weight excluding hydrogens is 1130 g/mol. The fraction of sp³-hybridized carbons (Fsp3) is 0.750. The van der Waals surface area contributed by atoms with Crippen LogP contribution in [0.25, 0.3) is 0 Å². The van der Waals surface area contributed by atoms with Gasteiger partial charge in [0.15, 0.2) is 0 Å². The number of pyridine rings is 2. The Morgan fingerprint density at radius 1 is 0.558 bits per heavy atom. The van der Waals surface area contributed by atoms with Crippen molar-refractivity contribution in [3.63, 3.8) is 0 Å². The molecule has 2 aromatic rings. The summed E-state index contributed by atoms with van der Waals surface area (Å²) in [4.78, 5) is 75.2. The van der Waals surface area contributed by atoms with Crippen LogP contribution >= 0.6 is 0 Å². The number of amides is 4. The van der Waals surface area contributed by atoms with Gasteiger partial charge in [-0.15, -0.1) is 0 Å². The van der Waals surface area contributed by atoms with Crippen molar-refractivity contribution < 1.29 is 51.3 Å². The van der Waals surface area contributed by atoms with Crippen LogP contribution in [0.5, 0.6) is 0 Å². The molecule has 22 heteroatoms. The molecule has 2 aromatic heterocycles. The highest BCUT2D eigenvalue weighted by molar-refractivity contribution is 7.85. The number of nitrogens with zero attached hydrogens (tertiary/aromatic N) is 7. The van der Waals surface area contributed by atoms with Crippen LogP contribution in [-0.4, -0.2) is 157 Å². The summed E-state index contributed by atoms with van der Waals surface area (Å²) in [5.41, 5.74) is 8.26. The first-order chi connectivity index (χ1) is 39.6. The van der Waals surface area contributed by atoms with E-state index in [2.05, 4.69) is 19.1 Å². The van der Waals surface area contributed by atoms with Crippen molar-refractivity contribution in [2.45, 2.75) is 284 Å². The minimum absolute atomic E-state index is 0.0346. The highest BCUT2D eigenvalue weighted by Gasteiger charge is 2.38. The second-order valence-electron chi connectivity index (χ2n) is 28.8. The number of aryl methyl sites for hydroxylation is 2. The fourth-order valence-corrected chi connectivity index (χ4v) is 11.0. The zero-order valence-corrected chi connectivity index (χ0v) is 57.5. The van der Waals surface area contributed by atoms with Gasteiger partial charge in [-0.1, -0.05) is 12.1 Å². The summed E-state index contributed by atoms with van der Waals surface area (Å²) >= 11 is 0. The van der Waals surface area contributed by atoms with Crippen molar-refractivity contribution in [3.05, 3.63) is 59.2 Å². The Hall–Kier alpha value is -5.06. The highest BCUT2D eigenvalue weighted by Crippen LogP contribution is 2.31. The highest BCUT2D eigenvalue weighted by atomic mass is 32.2. The molecule has 0 radical (unpaired) electrons. The molecule has 2 unspecified atom stereocenters. The van der Waals surface area contributed by atoms with Crippen LogP contribution in [0.15, 0.2) is 41.1 Å². The van der Waals surface area contributed by atoms with Gasteiger partial charge in [0.25, 0.3) is 0 Å². The Morgan fingerprint density at radius 2 is 0.907 bits per heavy atom. The minimum atomic E-state index is -1.24. The Balaban J connectivity index is 0.000000307.